The average molecular weight is 677 g/mol. The lowest BCUT2D eigenvalue weighted by Gasteiger charge is -2.12. The Balaban J connectivity index is 1.77. The fourth-order valence-electron chi connectivity index (χ4n) is 2.77. The lowest BCUT2D eigenvalue weighted by molar-refractivity contribution is -0.112. The molecule has 0 aliphatic carbocycles. The quantitative estimate of drug-likeness (QED) is 0.162. The fourth-order valence-corrected chi connectivity index (χ4v) is 5.04. The van der Waals surface area contributed by atoms with Gasteiger partial charge in [0.15, 0.2) is 0 Å². The molecule has 0 saturated heterocycles. The van der Waals surface area contributed by atoms with Crippen molar-refractivity contribution in [2.75, 3.05) is 5.32 Å². The van der Waals surface area contributed by atoms with Gasteiger partial charge in [-0.25, -0.2) is 0 Å². The van der Waals surface area contributed by atoms with Crippen LogP contribution in [0.2, 0.25) is 15.1 Å². The molecule has 3 aromatic carbocycles. The van der Waals surface area contributed by atoms with Gasteiger partial charge < -0.3 is 10.1 Å². The maximum absolute atomic E-state index is 12.6. The highest BCUT2D eigenvalue weighted by Crippen LogP contribution is 2.34. The number of carbonyl (C=O) groups is 1. The van der Waals surface area contributed by atoms with E-state index >= 15 is 0 Å². The number of rotatable bonds is 6. The van der Waals surface area contributed by atoms with Gasteiger partial charge in [-0.15, -0.1) is 0 Å². The summed E-state index contributed by atoms with van der Waals surface area (Å²) in [7, 11) is 0. The van der Waals surface area contributed by atoms with Crippen LogP contribution in [-0.4, -0.2) is 5.91 Å². The molecule has 0 aromatic heterocycles. The van der Waals surface area contributed by atoms with E-state index in [1.807, 2.05) is 25.1 Å². The third-order valence-corrected chi connectivity index (χ3v) is 7.03. The van der Waals surface area contributed by atoms with Crippen LogP contribution in [0.1, 0.15) is 16.7 Å². The van der Waals surface area contributed by atoms with Crippen LogP contribution in [0.5, 0.6) is 5.75 Å². The Labute approximate surface area is 228 Å². The number of amides is 1. The van der Waals surface area contributed by atoms with Crippen molar-refractivity contribution in [3.05, 3.63) is 93.9 Å². The first-order valence-corrected chi connectivity index (χ1v) is 12.4. The van der Waals surface area contributed by atoms with E-state index in [0.29, 0.717) is 43.1 Å². The number of aryl methyl sites for hydroxylation is 1. The smallest absolute Gasteiger partial charge is 0.266 e. The Morgan fingerprint density at radius 1 is 1.12 bits per heavy atom. The maximum Gasteiger partial charge on any atom is 0.266 e. The van der Waals surface area contributed by atoms with E-state index in [1.54, 1.807) is 36.4 Å². The zero-order chi connectivity index (χ0) is 24.1. The van der Waals surface area contributed by atoms with Gasteiger partial charge in [0, 0.05) is 10.7 Å². The molecule has 168 valence electrons. The number of ether oxygens (including phenoxy) is 1. The maximum atomic E-state index is 12.6. The molecule has 4 nitrogen and oxygen atoms in total. The lowest BCUT2D eigenvalue weighted by Crippen LogP contribution is -2.13. The van der Waals surface area contributed by atoms with Gasteiger partial charge in [0.05, 0.1) is 18.1 Å². The lowest BCUT2D eigenvalue weighted by atomic mass is 10.1. The number of anilines is 1. The summed E-state index contributed by atoms with van der Waals surface area (Å²) < 4.78 is 7.43. The van der Waals surface area contributed by atoms with Crippen LogP contribution in [0, 0.1) is 21.8 Å². The van der Waals surface area contributed by atoms with Crippen molar-refractivity contribution >= 4 is 91.0 Å². The van der Waals surface area contributed by atoms with Gasteiger partial charge in [-0.3, -0.25) is 4.79 Å². The largest absolute Gasteiger partial charge is 0.487 e. The van der Waals surface area contributed by atoms with E-state index in [9.17, 15) is 10.1 Å². The highest BCUT2D eigenvalue weighted by molar-refractivity contribution is 14.1. The van der Waals surface area contributed by atoms with Crippen molar-refractivity contribution in [2.24, 2.45) is 0 Å². The number of carbonyl (C=O) groups excluding carboxylic acids is 1. The Kier molecular flexibility index (Phi) is 9.08. The number of halogens is 5. The Morgan fingerprint density at radius 3 is 2.52 bits per heavy atom. The minimum absolute atomic E-state index is 0.0427. The molecule has 0 fully saturated rings. The first-order chi connectivity index (χ1) is 15.7. The van der Waals surface area contributed by atoms with Crippen molar-refractivity contribution < 1.29 is 9.53 Å². The molecule has 0 heterocycles. The van der Waals surface area contributed by atoms with Crippen LogP contribution in [0.3, 0.4) is 0 Å². The number of hydrogen-bond donors (Lipinski definition) is 1. The second kappa shape index (κ2) is 11.6. The molecule has 0 aliphatic rings. The Hall–Kier alpha value is -1.76. The second-order valence-electron chi connectivity index (χ2n) is 6.94. The third-order valence-electron chi connectivity index (χ3n) is 4.49. The summed E-state index contributed by atoms with van der Waals surface area (Å²) in [4.78, 5) is 12.6. The van der Waals surface area contributed by atoms with Crippen LogP contribution in [0.4, 0.5) is 5.69 Å². The zero-order valence-corrected chi connectivity index (χ0v) is 23.1. The van der Waals surface area contributed by atoms with Crippen LogP contribution >= 0.6 is 73.3 Å². The minimum atomic E-state index is -0.525. The number of nitrogens with one attached hydrogen (secondary N) is 1. The van der Waals surface area contributed by atoms with E-state index in [2.05, 4.69) is 43.8 Å². The molecule has 1 N–H and O–H groups in total. The van der Waals surface area contributed by atoms with Crippen molar-refractivity contribution in [3.8, 4) is 11.8 Å². The van der Waals surface area contributed by atoms with Crippen molar-refractivity contribution in [3.63, 3.8) is 0 Å². The van der Waals surface area contributed by atoms with Gasteiger partial charge in [-0.1, -0.05) is 46.9 Å². The standard InChI is InChI=1S/C24H15BrCl3IN2O2/c1-13-2-4-17(10-20(13)27)31-24(32)16(11-30)6-15-7-18(25)23(22(29)9-15)33-12-14-3-5-19(26)21(28)8-14/h2-10H,12H2,1H3,(H,31,32)/b16-6-. The second-order valence-corrected chi connectivity index (χ2v) is 10.2. The third kappa shape index (κ3) is 6.87. The summed E-state index contributed by atoms with van der Waals surface area (Å²) in [6, 6.07) is 16.0. The van der Waals surface area contributed by atoms with E-state index in [0.717, 1.165) is 14.7 Å². The molecular formula is C24H15BrCl3IN2O2. The highest BCUT2D eigenvalue weighted by atomic mass is 127. The van der Waals surface area contributed by atoms with E-state index in [1.165, 1.54) is 6.08 Å². The molecule has 0 spiro atoms. The van der Waals surface area contributed by atoms with Gasteiger partial charge in [0.1, 0.15) is 24.0 Å². The predicted molar refractivity (Wildman–Crippen MR) is 146 cm³/mol. The van der Waals surface area contributed by atoms with E-state index in [-0.39, 0.29) is 5.57 Å². The van der Waals surface area contributed by atoms with Crippen molar-refractivity contribution in [1.82, 2.24) is 0 Å². The normalized spacial score (nSPS) is 11.1. The first kappa shape index (κ1) is 25.9. The van der Waals surface area contributed by atoms with Gasteiger partial charge >= 0.3 is 0 Å². The van der Waals surface area contributed by atoms with E-state index in [4.69, 9.17) is 39.5 Å². The number of nitriles is 1. The number of hydrogen-bond acceptors (Lipinski definition) is 3. The molecule has 33 heavy (non-hydrogen) atoms. The molecule has 0 atom stereocenters. The van der Waals surface area contributed by atoms with Crippen LogP contribution in [0.25, 0.3) is 6.08 Å². The average Bonchev–Trinajstić information content (AvgIpc) is 2.76. The summed E-state index contributed by atoms with van der Waals surface area (Å²) in [5, 5.41) is 13.7. The summed E-state index contributed by atoms with van der Waals surface area (Å²) in [6.07, 6.45) is 1.51. The summed E-state index contributed by atoms with van der Waals surface area (Å²) in [5.41, 5.74) is 2.90. The Morgan fingerprint density at radius 2 is 1.88 bits per heavy atom. The van der Waals surface area contributed by atoms with Gasteiger partial charge in [-0.2, -0.15) is 5.26 Å². The topological polar surface area (TPSA) is 62.1 Å². The monoisotopic (exact) mass is 674 g/mol. The minimum Gasteiger partial charge on any atom is -0.487 e. The predicted octanol–water partition coefficient (Wildman–Crippen LogP) is 8.45. The molecule has 0 bridgehead atoms. The molecule has 0 unspecified atom stereocenters. The zero-order valence-electron chi connectivity index (χ0n) is 17.1. The van der Waals surface area contributed by atoms with Gasteiger partial charge in [-0.05, 0) is 105 Å². The van der Waals surface area contributed by atoms with E-state index < -0.39 is 5.91 Å². The SMILES string of the molecule is Cc1ccc(NC(=O)/C(C#N)=C\c2cc(Br)c(OCc3ccc(Cl)c(Cl)c3)c(I)c2)cc1Cl. The van der Waals surface area contributed by atoms with Crippen molar-refractivity contribution in [2.45, 2.75) is 13.5 Å². The summed E-state index contributed by atoms with van der Waals surface area (Å²) in [5.74, 6) is 0.111. The van der Waals surface area contributed by atoms with Gasteiger partial charge in [0.2, 0.25) is 0 Å². The molecule has 0 radical (unpaired) electrons. The highest BCUT2D eigenvalue weighted by Gasteiger charge is 2.13. The molecule has 3 rings (SSSR count). The Bertz CT molecular complexity index is 1280. The van der Waals surface area contributed by atoms with Gasteiger partial charge in [0.25, 0.3) is 5.91 Å². The van der Waals surface area contributed by atoms with Crippen LogP contribution in [0.15, 0.2) is 58.6 Å². The summed E-state index contributed by atoms with van der Waals surface area (Å²) in [6.45, 7) is 2.16. The first-order valence-electron chi connectivity index (χ1n) is 9.43. The number of benzene rings is 3. The molecule has 9 heteroatoms. The number of nitrogens with zero attached hydrogens (tertiary/aromatic N) is 1. The fraction of sp³-hybridized carbons (Fsp3) is 0.0833. The molecule has 0 aliphatic heterocycles. The summed E-state index contributed by atoms with van der Waals surface area (Å²) >= 11 is 23.8. The molecular weight excluding hydrogens is 661 g/mol. The van der Waals surface area contributed by atoms with Crippen molar-refractivity contribution in [1.29, 1.82) is 5.26 Å². The molecule has 1 amide bonds. The van der Waals surface area contributed by atoms with Crippen LogP contribution in [-0.2, 0) is 11.4 Å². The molecule has 0 saturated carbocycles. The van der Waals surface area contributed by atoms with Crippen LogP contribution < -0.4 is 10.1 Å². The molecule has 3 aromatic rings.